The number of halogens is 2. The molecule has 2 unspecified atom stereocenters. The molecule has 0 aromatic rings. The fourth-order valence-electron chi connectivity index (χ4n) is 3.59. The molecule has 0 spiro atoms. The molecule has 0 aromatic carbocycles. The van der Waals surface area contributed by atoms with E-state index < -0.39 is 5.92 Å². The van der Waals surface area contributed by atoms with E-state index in [-0.39, 0.29) is 24.2 Å². The Kier molecular flexibility index (Phi) is 2.88. The van der Waals surface area contributed by atoms with Crippen molar-refractivity contribution in [1.82, 2.24) is 0 Å². The summed E-state index contributed by atoms with van der Waals surface area (Å²) in [5.41, 5.74) is 0.497. The molecule has 2 aliphatic carbocycles. The van der Waals surface area contributed by atoms with Crippen LogP contribution in [0.2, 0.25) is 0 Å². The summed E-state index contributed by atoms with van der Waals surface area (Å²) in [6.45, 7) is 11.3. The van der Waals surface area contributed by atoms with Gasteiger partial charge in [-0.1, -0.05) is 34.6 Å². The standard InChI is InChI=1S/C15H26F2/c1-13(2,3)12-6-10(12)7-14(4,5)11-8-15(16,17)9-11/h10-12H,6-9H2,1-5H3. The fraction of sp³-hybridized carbons (Fsp3) is 1.00. The van der Waals surface area contributed by atoms with Crippen LogP contribution in [0.5, 0.6) is 0 Å². The fourth-order valence-corrected chi connectivity index (χ4v) is 3.59. The van der Waals surface area contributed by atoms with Gasteiger partial charge in [-0.25, -0.2) is 8.78 Å². The molecule has 0 radical (unpaired) electrons. The lowest BCUT2D eigenvalue weighted by Crippen LogP contribution is -2.43. The monoisotopic (exact) mass is 244 g/mol. The first-order chi connectivity index (χ1) is 7.51. The molecule has 0 amide bonds. The molecule has 0 aromatic heterocycles. The van der Waals surface area contributed by atoms with Gasteiger partial charge in [0.15, 0.2) is 0 Å². The summed E-state index contributed by atoms with van der Waals surface area (Å²) in [6.07, 6.45) is 2.67. The molecule has 2 saturated carbocycles. The van der Waals surface area contributed by atoms with Crippen molar-refractivity contribution < 1.29 is 8.78 Å². The van der Waals surface area contributed by atoms with E-state index in [9.17, 15) is 8.78 Å². The molecular weight excluding hydrogens is 218 g/mol. The molecule has 0 saturated heterocycles. The number of rotatable bonds is 3. The molecular formula is C15H26F2. The topological polar surface area (TPSA) is 0 Å². The maximum atomic E-state index is 12.9. The van der Waals surface area contributed by atoms with E-state index in [0.717, 1.165) is 18.3 Å². The summed E-state index contributed by atoms with van der Waals surface area (Å²) >= 11 is 0. The molecule has 0 aliphatic heterocycles. The molecule has 2 rings (SSSR count). The van der Waals surface area contributed by atoms with Gasteiger partial charge in [0.2, 0.25) is 5.92 Å². The summed E-state index contributed by atoms with van der Waals surface area (Å²) in [4.78, 5) is 0. The van der Waals surface area contributed by atoms with Gasteiger partial charge in [-0.05, 0) is 41.4 Å². The second kappa shape index (κ2) is 3.68. The Morgan fingerprint density at radius 2 is 1.59 bits per heavy atom. The second-order valence-electron chi connectivity index (χ2n) is 8.12. The van der Waals surface area contributed by atoms with Crippen LogP contribution in [-0.2, 0) is 0 Å². The zero-order valence-electron chi connectivity index (χ0n) is 11.8. The summed E-state index contributed by atoms with van der Waals surface area (Å²) in [6, 6.07) is 0. The maximum absolute atomic E-state index is 12.9. The summed E-state index contributed by atoms with van der Waals surface area (Å²) in [5.74, 6) is -0.546. The Balaban J connectivity index is 1.84. The Morgan fingerprint density at radius 1 is 1.06 bits per heavy atom. The van der Waals surface area contributed by atoms with Crippen LogP contribution in [0.15, 0.2) is 0 Å². The van der Waals surface area contributed by atoms with Gasteiger partial charge in [0.1, 0.15) is 0 Å². The number of hydrogen-bond donors (Lipinski definition) is 0. The molecule has 2 atom stereocenters. The summed E-state index contributed by atoms with van der Waals surface area (Å²) in [5, 5.41) is 0. The molecule has 100 valence electrons. The van der Waals surface area contributed by atoms with Crippen molar-refractivity contribution in [2.45, 2.75) is 66.2 Å². The van der Waals surface area contributed by atoms with E-state index in [4.69, 9.17) is 0 Å². The molecule has 0 nitrogen and oxygen atoms in total. The first-order valence-electron chi connectivity index (χ1n) is 6.89. The average Bonchev–Trinajstić information content (AvgIpc) is 2.77. The first-order valence-corrected chi connectivity index (χ1v) is 6.89. The van der Waals surface area contributed by atoms with E-state index in [2.05, 4.69) is 34.6 Å². The lowest BCUT2D eigenvalue weighted by atomic mass is 9.63. The van der Waals surface area contributed by atoms with Crippen LogP contribution in [-0.4, -0.2) is 5.92 Å². The van der Waals surface area contributed by atoms with Gasteiger partial charge >= 0.3 is 0 Å². The lowest BCUT2D eigenvalue weighted by Gasteiger charge is -2.45. The first kappa shape index (κ1) is 13.3. The Hall–Kier alpha value is -0.140. The van der Waals surface area contributed by atoms with Crippen molar-refractivity contribution in [2.24, 2.45) is 28.6 Å². The van der Waals surface area contributed by atoms with Gasteiger partial charge in [0.25, 0.3) is 0 Å². The molecule has 2 heteroatoms. The third kappa shape index (κ3) is 2.82. The zero-order valence-corrected chi connectivity index (χ0v) is 11.8. The molecule has 0 N–H and O–H groups in total. The third-order valence-corrected chi connectivity index (χ3v) is 5.02. The smallest absolute Gasteiger partial charge is 0.207 e. The SMILES string of the molecule is CC(C)(C)C1CC1CC(C)(C)C1CC(F)(F)C1. The van der Waals surface area contributed by atoms with Crippen molar-refractivity contribution in [3.05, 3.63) is 0 Å². The normalized spacial score (nSPS) is 33.4. The van der Waals surface area contributed by atoms with Gasteiger partial charge < -0.3 is 0 Å². The minimum atomic E-state index is -2.37. The highest BCUT2D eigenvalue weighted by atomic mass is 19.3. The quantitative estimate of drug-likeness (QED) is 0.645. The largest absolute Gasteiger partial charge is 0.248 e. The predicted octanol–water partition coefficient (Wildman–Crippen LogP) is 5.13. The highest BCUT2D eigenvalue weighted by Crippen LogP contribution is 2.59. The van der Waals surface area contributed by atoms with Gasteiger partial charge in [0.05, 0.1) is 0 Å². The molecule has 17 heavy (non-hydrogen) atoms. The van der Waals surface area contributed by atoms with Crippen LogP contribution < -0.4 is 0 Å². The van der Waals surface area contributed by atoms with Crippen LogP contribution in [0.1, 0.15) is 60.3 Å². The van der Waals surface area contributed by atoms with Crippen molar-refractivity contribution in [1.29, 1.82) is 0 Å². The Morgan fingerprint density at radius 3 is 1.94 bits per heavy atom. The van der Waals surface area contributed by atoms with Crippen molar-refractivity contribution in [2.75, 3.05) is 0 Å². The third-order valence-electron chi connectivity index (χ3n) is 5.02. The van der Waals surface area contributed by atoms with Crippen LogP contribution in [0.3, 0.4) is 0 Å². The van der Waals surface area contributed by atoms with E-state index in [1.807, 2.05) is 0 Å². The van der Waals surface area contributed by atoms with E-state index in [1.54, 1.807) is 0 Å². The number of hydrogen-bond acceptors (Lipinski definition) is 0. The minimum Gasteiger partial charge on any atom is -0.207 e. The van der Waals surface area contributed by atoms with E-state index in [0.29, 0.717) is 5.41 Å². The van der Waals surface area contributed by atoms with Crippen molar-refractivity contribution in [3.63, 3.8) is 0 Å². The molecule has 0 heterocycles. The van der Waals surface area contributed by atoms with Crippen LogP contribution in [0.25, 0.3) is 0 Å². The average molecular weight is 244 g/mol. The van der Waals surface area contributed by atoms with Gasteiger partial charge in [0, 0.05) is 12.8 Å². The van der Waals surface area contributed by atoms with Crippen molar-refractivity contribution >= 4 is 0 Å². The minimum absolute atomic E-state index is 0.104. The number of alkyl halides is 2. The van der Waals surface area contributed by atoms with E-state index in [1.165, 1.54) is 6.42 Å². The maximum Gasteiger partial charge on any atom is 0.248 e. The Labute approximate surface area is 104 Å². The van der Waals surface area contributed by atoms with Crippen LogP contribution in [0, 0.1) is 28.6 Å². The molecule has 0 bridgehead atoms. The molecule has 2 aliphatic rings. The summed E-state index contributed by atoms with van der Waals surface area (Å²) in [7, 11) is 0. The van der Waals surface area contributed by atoms with Gasteiger partial charge in [-0.3, -0.25) is 0 Å². The second-order valence-corrected chi connectivity index (χ2v) is 8.12. The summed E-state index contributed by atoms with van der Waals surface area (Å²) < 4.78 is 25.9. The van der Waals surface area contributed by atoms with Crippen LogP contribution in [0.4, 0.5) is 8.78 Å². The zero-order chi connectivity index (χ0) is 13.1. The van der Waals surface area contributed by atoms with Crippen LogP contribution >= 0.6 is 0 Å². The molecule has 2 fully saturated rings. The lowest BCUT2D eigenvalue weighted by molar-refractivity contribution is -0.144. The van der Waals surface area contributed by atoms with Crippen molar-refractivity contribution in [3.8, 4) is 0 Å². The van der Waals surface area contributed by atoms with Gasteiger partial charge in [-0.15, -0.1) is 0 Å². The Bertz CT molecular complexity index is 291. The highest BCUT2D eigenvalue weighted by Gasteiger charge is 2.54. The van der Waals surface area contributed by atoms with E-state index >= 15 is 0 Å². The van der Waals surface area contributed by atoms with Gasteiger partial charge in [-0.2, -0.15) is 0 Å². The highest BCUT2D eigenvalue weighted by molar-refractivity contribution is 5.00. The predicted molar refractivity (Wildman–Crippen MR) is 67.1 cm³/mol.